The Morgan fingerprint density at radius 2 is 1.95 bits per heavy atom. The topological polar surface area (TPSA) is 71.8 Å². The highest BCUT2D eigenvalue weighted by atomic mass is 16.5. The van der Waals surface area contributed by atoms with E-state index in [-0.39, 0.29) is 22.7 Å². The van der Waals surface area contributed by atoms with Crippen LogP contribution in [-0.4, -0.2) is 35.3 Å². The average Bonchev–Trinajstić information content (AvgIpc) is 3.22. The molecule has 1 N–H and O–H groups in total. The molecule has 2 saturated carbocycles. The van der Waals surface area contributed by atoms with Crippen molar-refractivity contribution in [1.82, 2.24) is 4.98 Å². The molecule has 1 aromatic rings. The van der Waals surface area contributed by atoms with Crippen molar-refractivity contribution in [2.45, 2.75) is 79.2 Å². The number of pyridine rings is 1. The zero-order chi connectivity index (χ0) is 27.2. The van der Waals surface area contributed by atoms with Gasteiger partial charge in [-0.2, -0.15) is 0 Å². The fourth-order valence-corrected chi connectivity index (χ4v) is 6.85. The number of carbonyl (C=O) groups is 1. The highest BCUT2D eigenvalue weighted by Gasteiger charge is 2.54. The summed E-state index contributed by atoms with van der Waals surface area (Å²) in [6.07, 6.45) is 20.6. The summed E-state index contributed by atoms with van der Waals surface area (Å²) in [6, 6.07) is 2.12. The van der Waals surface area contributed by atoms with Crippen molar-refractivity contribution < 1.29 is 14.6 Å². The zero-order valence-electron chi connectivity index (χ0n) is 23.5. The van der Waals surface area contributed by atoms with Crippen molar-refractivity contribution in [1.29, 1.82) is 0 Å². The first-order chi connectivity index (χ1) is 17.6. The van der Waals surface area contributed by atoms with E-state index in [2.05, 4.69) is 54.7 Å². The van der Waals surface area contributed by atoms with Gasteiger partial charge >= 0.3 is 0 Å². The van der Waals surface area contributed by atoms with Gasteiger partial charge in [0.05, 0.1) is 19.4 Å². The number of aliphatic imine (C=N–C) groups is 1. The summed E-state index contributed by atoms with van der Waals surface area (Å²) in [5.74, 6) is 2.31. The van der Waals surface area contributed by atoms with Crippen LogP contribution < -0.4 is 4.74 Å². The number of fused-ring (bicyclic) bond motifs is 5. The number of rotatable bonds is 3. The second kappa shape index (κ2) is 12.2. The van der Waals surface area contributed by atoms with Gasteiger partial charge in [0.25, 0.3) is 0 Å². The van der Waals surface area contributed by atoms with Crippen molar-refractivity contribution in [2.75, 3.05) is 7.11 Å². The standard InChI is InChI=1S/C25H31NO2.C4H7N.C3H6O/c1-24-10-8-18(27)13-17(24)4-5-20-22-7-6-21(25(22,2)11-9-23(20)24)16-12-19(28-3)15-26-14-16;1-3-5-4-2;1-3(2)4/h4,6-7,12,14-15,18,20,23,27H,5,8-11,13H2,1-3H3;3-4H,1H2,2H3;1-2H3. The molecule has 4 aliphatic carbocycles. The van der Waals surface area contributed by atoms with E-state index in [4.69, 9.17) is 4.74 Å². The van der Waals surface area contributed by atoms with E-state index in [0.29, 0.717) is 11.8 Å². The number of ether oxygens (including phenoxy) is 1. The van der Waals surface area contributed by atoms with Gasteiger partial charge in [-0.3, -0.25) is 9.98 Å². The lowest BCUT2D eigenvalue weighted by molar-refractivity contribution is -0.115. The lowest BCUT2D eigenvalue weighted by Crippen LogP contribution is -2.47. The van der Waals surface area contributed by atoms with Crippen molar-refractivity contribution in [3.05, 3.63) is 66.2 Å². The van der Waals surface area contributed by atoms with E-state index in [1.165, 1.54) is 49.6 Å². The molecule has 0 aromatic carbocycles. The van der Waals surface area contributed by atoms with E-state index < -0.39 is 0 Å². The summed E-state index contributed by atoms with van der Waals surface area (Å²) in [7, 11) is 1.70. The number of allylic oxidation sites excluding steroid dienone is 5. The third kappa shape index (κ3) is 6.04. The molecule has 0 aliphatic heterocycles. The first-order valence-corrected chi connectivity index (χ1v) is 13.5. The quantitative estimate of drug-likeness (QED) is 0.351. The summed E-state index contributed by atoms with van der Waals surface area (Å²) in [6.45, 7) is 13.2. The monoisotopic (exact) mass is 504 g/mol. The molecule has 200 valence electrons. The molecule has 0 saturated heterocycles. The van der Waals surface area contributed by atoms with Gasteiger partial charge in [-0.1, -0.05) is 49.8 Å². The van der Waals surface area contributed by atoms with Gasteiger partial charge in [-0.25, -0.2) is 0 Å². The van der Waals surface area contributed by atoms with Crippen LogP contribution in [0, 0.1) is 22.7 Å². The first-order valence-electron chi connectivity index (χ1n) is 13.5. The van der Waals surface area contributed by atoms with Crippen LogP contribution in [0.3, 0.4) is 0 Å². The number of methoxy groups -OCH3 is 1. The molecular weight excluding hydrogens is 460 g/mol. The highest BCUT2D eigenvalue weighted by molar-refractivity contribution is 5.78. The second-order valence-electron chi connectivity index (χ2n) is 11.2. The molecule has 5 unspecified atom stereocenters. The maximum Gasteiger partial charge on any atom is 0.137 e. The fourth-order valence-electron chi connectivity index (χ4n) is 6.85. The first kappa shape index (κ1) is 28.8. The van der Waals surface area contributed by atoms with Crippen molar-refractivity contribution in [2.24, 2.45) is 27.7 Å². The molecule has 2 fully saturated rings. The maximum atomic E-state index is 10.2. The van der Waals surface area contributed by atoms with Crippen LogP contribution >= 0.6 is 0 Å². The largest absolute Gasteiger partial charge is 0.495 e. The Morgan fingerprint density at radius 3 is 2.57 bits per heavy atom. The minimum absolute atomic E-state index is 0.102. The van der Waals surface area contributed by atoms with E-state index >= 15 is 0 Å². The number of ketones is 1. The predicted molar refractivity (Wildman–Crippen MR) is 153 cm³/mol. The molecule has 0 spiro atoms. The number of aliphatic hydroxyl groups is 1. The molecule has 1 heterocycles. The Balaban J connectivity index is 0.000000368. The maximum absolute atomic E-state index is 10.2. The molecule has 0 amide bonds. The Morgan fingerprint density at radius 1 is 1.22 bits per heavy atom. The average molecular weight is 505 g/mol. The van der Waals surface area contributed by atoms with Crippen molar-refractivity contribution >= 4 is 17.6 Å². The SMILES string of the molecule is C=CN=CC.CC(C)=O.COc1cncc(C2=CC=C3C4CC=C5CC(O)CCC5(C)C4CCC23C)c1. The van der Waals surface area contributed by atoms with Gasteiger partial charge in [0.1, 0.15) is 11.5 Å². The number of hydrogen-bond acceptors (Lipinski definition) is 5. The smallest absolute Gasteiger partial charge is 0.137 e. The van der Waals surface area contributed by atoms with Crippen LogP contribution in [0.1, 0.15) is 78.7 Å². The molecule has 37 heavy (non-hydrogen) atoms. The van der Waals surface area contributed by atoms with Crippen LogP contribution in [0.2, 0.25) is 0 Å². The molecule has 0 bridgehead atoms. The molecule has 5 atom stereocenters. The summed E-state index contributed by atoms with van der Waals surface area (Å²) in [5.41, 5.74) is 6.09. The van der Waals surface area contributed by atoms with Gasteiger partial charge in [-0.05, 0) is 88.2 Å². The van der Waals surface area contributed by atoms with E-state index in [1.807, 2.05) is 13.1 Å². The predicted octanol–water partition coefficient (Wildman–Crippen LogP) is 7.14. The van der Waals surface area contributed by atoms with Gasteiger partial charge in [0.2, 0.25) is 0 Å². The van der Waals surface area contributed by atoms with Crippen LogP contribution in [0.5, 0.6) is 5.75 Å². The van der Waals surface area contributed by atoms with Crippen LogP contribution in [0.4, 0.5) is 0 Å². The second-order valence-corrected chi connectivity index (χ2v) is 11.2. The van der Waals surface area contributed by atoms with Crippen molar-refractivity contribution in [3.8, 4) is 5.75 Å². The highest BCUT2D eigenvalue weighted by Crippen LogP contribution is 2.64. The molecule has 4 aliphatic rings. The number of carbonyl (C=O) groups excluding carboxylic acids is 1. The number of aliphatic hydroxyl groups excluding tert-OH is 1. The molecule has 5 rings (SSSR count). The number of nitrogens with zero attached hydrogens (tertiary/aromatic N) is 2. The molecule has 1 aromatic heterocycles. The van der Waals surface area contributed by atoms with Gasteiger partial charge in [0, 0.05) is 29.6 Å². The summed E-state index contributed by atoms with van der Waals surface area (Å²) in [4.78, 5) is 17.5. The van der Waals surface area contributed by atoms with Crippen LogP contribution in [-0.2, 0) is 4.79 Å². The van der Waals surface area contributed by atoms with Crippen LogP contribution in [0.15, 0.2) is 65.6 Å². The molecule has 5 heteroatoms. The fraction of sp³-hybridized carbons (Fsp3) is 0.531. The number of aromatic nitrogens is 1. The zero-order valence-corrected chi connectivity index (χ0v) is 23.5. The Kier molecular flexibility index (Phi) is 9.46. The third-order valence-electron chi connectivity index (χ3n) is 8.64. The minimum atomic E-state index is -0.135. The van der Waals surface area contributed by atoms with Gasteiger partial charge in [-0.15, -0.1) is 0 Å². The Hall–Kier alpha value is -2.79. The Bertz CT molecular complexity index is 1110. The molecule has 0 radical (unpaired) electrons. The third-order valence-corrected chi connectivity index (χ3v) is 8.64. The summed E-state index contributed by atoms with van der Waals surface area (Å²) in [5, 5.41) is 10.2. The minimum Gasteiger partial charge on any atom is -0.495 e. The normalized spacial score (nSPS) is 31.5. The molecular formula is C32H44N2O3. The van der Waals surface area contributed by atoms with Gasteiger partial charge in [0.15, 0.2) is 0 Å². The lowest BCUT2D eigenvalue weighted by atomic mass is 9.49. The molecule has 5 nitrogen and oxygen atoms in total. The van der Waals surface area contributed by atoms with Crippen LogP contribution in [0.25, 0.3) is 5.57 Å². The van der Waals surface area contributed by atoms with Gasteiger partial charge < -0.3 is 14.6 Å². The van der Waals surface area contributed by atoms with E-state index in [9.17, 15) is 9.90 Å². The number of hydrogen-bond donors (Lipinski definition) is 1. The lowest BCUT2D eigenvalue weighted by Gasteiger charge is -2.56. The van der Waals surface area contributed by atoms with E-state index in [1.54, 1.807) is 25.1 Å². The van der Waals surface area contributed by atoms with Crippen molar-refractivity contribution in [3.63, 3.8) is 0 Å². The number of Topliss-reactive ketones (excluding diaryl/α,β-unsaturated/α-hetero) is 1. The summed E-state index contributed by atoms with van der Waals surface area (Å²) >= 11 is 0. The Labute approximate surface area is 223 Å². The van der Waals surface area contributed by atoms with E-state index in [0.717, 1.165) is 31.4 Å². The summed E-state index contributed by atoms with van der Waals surface area (Å²) < 4.78 is 5.42.